The number of aromatic nitrogens is 1. The fraction of sp³-hybridized carbons (Fsp3) is 0.389. The first kappa shape index (κ1) is 22.6. The normalized spacial score (nSPS) is 19.5. The van der Waals surface area contributed by atoms with Gasteiger partial charge in [-0.25, -0.2) is 22.2 Å². The van der Waals surface area contributed by atoms with Gasteiger partial charge in [0.15, 0.2) is 10.7 Å². The zero-order valence-corrected chi connectivity index (χ0v) is 17.9. The highest BCUT2D eigenvalue weighted by molar-refractivity contribution is 7.92. The Balaban J connectivity index is 1.97. The molecular formula is C18H20ClF3N4O3S. The number of halogens is 4. The first-order valence-corrected chi connectivity index (χ1v) is 10.7. The van der Waals surface area contributed by atoms with Gasteiger partial charge >= 0.3 is 0 Å². The van der Waals surface area contributed by atoms with Crippen molar-refractivity contribution in [2.45, 2.75) is 17.0 Å². The van der Waals surface area contributed by atoms with Gasteiger partial charge in [0.05, 0.1) is 17.8 Å². The molecule has 1 aromatic heterocycles. The molecule has 164 valence electrons. The topological polar surface area (TPSA) is 74.8 Å². The van der Waals surface area contributed by atoms with Crippen molar-refractivity contribution in [3.8, 4) is 0 Å². The lowest BCUT2D eigenvalue weighted by molar-refractivity contribution is 0.0639. The quantitative estimate of drug-likeness (QED) is 0.523. The third kappa shape index (κ3) is 4.34. The van der Waals surface area contributed by atoms with Gasteiger partial charge in [0, 0.05) is 26.3 Å². The molecule has 1 aliphatic rings. The zero-order chi connectivity index (χ0) is 22.2. The molecule has 0 spiro atoms. The number of rotatable bonds is 6. The van der Waals surface area contributed by atoms with Gasteiger partial charge in [-0.3, -0.25) is 4.72 Å². The average Bonchev–Trinajstić information content (AvgIpc) is 3.08. The molecule has 0 saturated carbocycles. The molecule has 2 heterocycles. The van der Waals surface area contributed by atoms with Crippen molar-refractivity contribution < 1.29 is 26.3 Å². The van der Waals surface area contributed by atoms with E-state index in [4.69, 9.17) is 16.3 Å². The van der Waals surface area contributed by atoms with Crippen molar-refractivity contribution in [1.82, 2.24) is 9.88 Å². The van der Waals surface area contributed by atoms with Crippen molar-refractivity contribution in [2.75, 3.05) is 43.9 Å². The first-order chi connectivity index (χ1) is 14.0. The Hall–Kier alpha value is -2.08. The van der Waals surface area contributed by atoms with Gasteiger partial charge in [-0.2, -0.15) is 4.39 Å². The summed E-state index contributed by atoms with van der Waals surface area (Å²) in [6.07, 6.45) is -0.230. The third-order valence-corrected chi connectivity index (χ3v) is 6.61. The van der Waals surface area contributed by atoms with E-state index in [1.54, 1.807) is 4.90 Å². The molecule has 0 amide bonds. The molecule has 0 aliphatic carbocycles. The van der Waals surface area contributed by atoms with E-state index in [2.05, 4.69) is 4.98 Å². The first-order valence-electron chi connectivity index (χ1n) is 8.82. The molecule has 1 N–H and O–H groups in total. The average molecular weight is 465 g/mol. The molecule has 2 aromatic rings. The lowest BCUT2D eigenvalue weighted by Gasteiger charge is -2.24. The second kappa shape index (κ2) is 8.58. The van der Waals surface area contributed by atoms with Crippen LogP contribution in [-0.2, 0) is 14.8 Å². The zero-order valence-electron chi connectivity index (χ0n) is 16.4. The van der Waals surface area contributed by atoms with E-state index < -0.39 is 43.3 Å². The van der Waals surface area contributed by atoms with Crippen LogP contribution in [0, 0.1) is 17.6 Å². The highest BCUT2D eigenvalue weighted by atomic mass is 35.5. The highest BCUT2D eigenvalue weighted by Gasteiger charge is 2.37. The maximum Gasteiger partial charge on any atom is 0.268 e. The van der Waals surface area contributed by atoms with Crippen LogP contribution in [-0.4, -0.2) is 64.7 Å². The highest BCUT2D eigenvalue weighted by Crippen LogP contribution is 2.37. The molecule has 3 rings (SSSR count). The van der Waals surface area contributed by atoms with Crippen molar-refractivity contribution in [1.29, 1.82) is 0 Å². The number of likely N-dealkylation sites (N-methyl/N-ethyl adjacent to an activating group) is 1. The summed E-state index contributed by atoms with van der Waals surface area (Å²) in [6, 6.07) is 4.15. The predicted molar refractivity (Wildman–Crippen MR) is 107 cm³/mol. The summed E-state index contributed by atoms with van der Waals surface area (Å²) in [4.78, 5) is 5.61. The van der Waals surface area contributed by atoms with Crippen molar-refractivity contribution in [3.63, 3.8) is 0 Å². The molecule has 0 unspecified atom stereocenters. The monoisotopic (exact) mass is 464 g/mol. The predicted octanol–water partition coefficient (Wildman–Crippen LogP) is 2.72. The van der Waals surface area contributed by atoms with E-state index >= 15 is 0 Å². The van der Waals surface area contributed by atoms with Crippen LogP contribution in [0.1, 0.15) is 0 Å². The van der Waals surface area contributed by atoms with Crippen LogP contribution < -0.4 is 9.62 Å². The van der Waals surface area contributed by atoms with Crippen molar-refractivity contribution in [2.24, 2.45) is 0 Å². The van der Waals surface area contributed by atoms with E-state index in [-0.39, 0.29) is 17.8 Å². The molecule has 2 atom stereocenters. The van der Waals surface area contributed by atoms with Gasteiger partial charge in [0.1, 0.15) is 16.7 Å². The van der Waals surface area contributed by atoms with Gasteiger partial charge in [0.25, 0.3) is 10.0 Å². The lowest BCUT2D eigenvalue weighted by Crippen LogP contribution is -2.39. The number of anilines is 2. The fourth-order valence-corrected chi connectivity index (χ4v) is 4.85. The summed E-state index contributed by atoms with van der Waals surface area (Å²) in [5.74, 6) is -4.16. The number of ether oxygens (including phenoxy) is 1. The van der Waals surface area contributed by atoms with Crippen molar-refractivity contribution >= 4 is 33.1 Å². The molecule has 30 heavy (non-hydrogen) atoms. The molecule has 1 saturated heterocycles. The Morgan fingerprint density at radius 1 is 1.27 bits per heavy atom. The Kier molecular flexibility index (Phi) is 6.46. The van der Waals surface area contributed by atoms with Crippen LogP contribution >= 0.6 is 11.6 Å². The lowest BCUT2D eigenvalue weighted by atomic mass is 10.2. The number of hydrogen-bond donors (Lipinski definition) is 1. The summed E-state index contributed by atoms with van der Waals surface area (Å²) in [6.45, 7) is 0.692. The Bertz CT molecular complexity index is 1060. The Labute approximate surface area is 177 Å². The minimum Gasteiger partial charge on any atom is -0.378 e. The standard InChI is InChI=1S/C18H20ClF3N4O3S/c1-25(2)12-8-26(9-13(12)29-3)11-7-10(20)18(17(22)16(11)19)30(27,28)24-15-6-4-5-14(21)23-15/h4-7,12-13H,8-9H2,1-3H3,(H,23,24)/t12-,13+/m0/s1. The maximum absolute atomic E-state index is 14.9. The van der Waals surface area contributed by atoms with Gasteiger partial charge < -0.3 is 14.5 Å². The summed E-state index contributed by atoms with van der Waals surface area (Å²) in [5.41, 5.74) is 0.0147. The van der Waals surface area contributed by atoms with Crippen LogP contribution in [0.2, 0.25) is 5.02 Å². The Morgan fingerprint density at radius 3 is 2.53 bits per heavy atom. The summed E-state index contributed by atoms with van der Waals surface area (Å²) in [7, 11) is 0.482. The molecule has 1 aromatic carbocycles. The van der Waals surface area contributed by atoms with Gasteiger partial charge in [-0.1, -0.05) is 17.7 Å². The molecular weight excluding hydrogens is 445 g/mol. The maximum atomic E-state index is 14.9. The van der Waals surface area contributed by atoms with Crippen LogP contribution in [0.4, 0.5) is 24.7 Å². The molecule has 0 radical (unpaired) electrons. The van der Waals surface area contributed by atoms with Crippen LogP contribution in [0.15, 0.2) is 29.2 Å². The number of sulfonamides is 1. The number of methoxy groups -OCH3 is 1. The SMILES string of the molecule is CO[C@@H]1CN(c2cc(F)c(S(=O)(=O)Nc3cccc(F)n3)c(F)c2Cl)C[C@@H]1N(C)C. The number of benzene rings is 1. The number of pyridine rings is 1. The van der Waals surface area contributed by atoms with Gasteiger partial charge in [-0.05, 0) is 26.2 Å². The smallest absolute Gasteiger partial charge is 0.268 e. The third-order valence-electron chi connectivity index (χ3n) is 4.86. The molecule has 1 aliphatic heterocycles. The van der Waals surface area contributed by atoms with Crippen LogP contribution in [0.25, 0.3) is 0 Å². The minimum absolute atomic E-state index is 0.0147. The number of nitrogens with zero attached hydrogens (tertiary/aromatic N) is 3. The summed E-state index contributed by atoms with van der Waals surface area (Å²) >= 11 is 6.10. The molecule has 1 fully saturated rings. The fourth-order valence-electron chi connectivity index (χ4n) is 3.38. The number of hydrogen-bond acceptors (Lipinski definition) is 6. The molecule has 12 heteroatoms. The second-order valence-electron chi connectivity index (χ2n) is 7.00. The molecule has 7 nitrogen and oxygen atoms in total. The second-order valence-corrected chi connectivity index (χ2v) is 8.99. The minimum atomic E-state index is -4.76. The van der Waals surface area contributed by atoms with E-state index in [1.807, 2.05) is 23.7 Å². The largest absolute Gasteiger partial charge is 0.378 e. The molecule has 0 bridgehead atoms. The van der Waals surface area contributed by atoms with Gasteiger partial charge in [-0.15, -0.1) is 0 Å². The van der Waals surface area contributed by atoms with E-state index in [0.717, 1.165) is 18.2 Å². The van der Waals surface area contributed by atoms with Crippen molar-refractivity contribution in [3.05, 3.63) is 46.9 Å². The number of nitrogens with one attached hydrogen (secondary N) is 1. The van der Waals surface area contributed by atoms with E-state index in [1.165, 1.54) is 13.2 Å². The van der Waals surface area contributed by atoms with E-state index in [9.17, 15) is 21.6 Å². The van der Waals surface area contributed by atoms with Crippen LogP contribution in [0.3, 0.4) is 0 Å². The van der Waals surface area contributed by atoms with E-state index in [0.29, 0.717) is 13.1 Å². The Morgan fingerprint density at radius 2 is 1.97 bits per heavy atom. The van der Waals surface area contributed by atoms with Gasteiger partial charge in [0.2, 0.25) is 5.95 Å². The summed E-state index contributed by atoms with van der Waals surface area (Å²) < 4.78 is 75.3. The summed E-state index contributed by atoms with van der Waals surface area (Å²) in [5, 5.41) is -0.543. The van der Waals surface area contributed by atoms with Crippen LogP contribution in [0.5, 0.6) is 0 Å².